The molecule has 0 bridgehead atoms. The zero-order valence-corrected chi connectivity index (χ0v) is 23.6. The van der Waals surface area contributed by atoms with E-state index in [9.17, 15) is 13.2 Å². The second kappa shape index (κ2) is 10.3. The molecule has 4 heterocycles. The highest BCUT2D eigenvalue weighted by Gasteiger charge is 2.33. The molecule has 0 aliphatic heterocycles. The Labute approximate surface area is 234 Å². The Kier molecular flexibility index (Phi) is 6.81. The first-order valence-corrected chi connectivity index (χ1v) is 15.5. The number of aromatic nitrogens is 7. The number of nitrogens with zero attached hydrogens (tertiary/aromatic N) is 7. The van der Waals surface area contributed by atoms with Crippen LogP contribution in [0.4, 0.5) is 5.82 Å². The van der Waals surface area contributed by atoms with Crippen molar-refractivity contribution < 1.29 is 9.84 Å². The van der Waals surface area contributed by atoms with Gasteiger partial charge in [0, 0.05) is 19.6 Å². The molecular formula is C28H34N8O3S. The Morgan fingerprint density at radius 1 is 1.05 bits per heavy atom. The maximum atomic E-state index is 13.8. The zero-order chi connectivity index (χ0) is 28.0. The van der Waals surface area contributed by atoms with E-state index < -0.39 is 9.84 Å². The minimum atomic E-state index is -3.33. The molecule has 0 saturated heterocycles. The molecule has 2 saturated carbocycles. The number of aryl methyl sites for hydroxylation is 1. The number of nitrogens with one attached hydrogen (secondary N) is 1. The third kappa shape index (κ3) is 4.96. The van der Waals surface area contributed by atoms with Crippen molar-refractivity contribution in [2.24, 2.45) is 5.92 Å². The molecule has 40 heavy (non-hydrogen) atoms. The Morgan fingerprint density at radius 2 is 1.85 bits per heavy atom. The van der Waals surface area contributed by atoms with Gasteiger partial charge in [0.15, 0.2) is 27.1 Å². The van der Waals surface area contributed by atoms with Crippen LogP contribution in [0.5, 0.6) is 0 Å². The van der Waals surface area contributed by atoms with E-state index in [0.29, 0.717) is 34.5 Å². The predicted molar refractivity (Wildman–Crippen MR) is 153 cm³/mol. The lowest BCUT2D eigenvalue weighted by molar-refractivity contribution is 0.482. The minimum absolute atomic E-state index is 0. The molecule has 210 valence electrons. The molecule has 4 aromatic rings. The molecule has 6 rings (SSSR count). The number of hydrogen-bond acceptors (Lipinski definition) is 10. The summed E-state index contributed by atoms with van der Waals surface area (Å²) in [6, 6.07) is 3.12. The molecule has 4 aromatic heterocycles. The maximum Gasteiger partial charge on any atom is 0.295 e. The molecule has 1 atom stereocenters. The number of fused-ring (bicyclic) bond motifs is 1. The Hall–Kier alpha value is -3.80. The summed E-state index contributed by atoms with van der Waals surface area (Å²) in [6.45, 7) is 5.92. The van der Waals surface area contributed by atoms with Crippen LogP contribution in [0.15, 0.2) is 40.5 Å². The molecule has 0 unspecified atom stereocenters. The standard InChI is InChI=1S/C28H32N8O3S.H2/c1-4-21-23(24(18-8-9-18)33-15-32-21)25-31-14-22-27(35-25)36(16(3)17-6-7-17)28(37)26(34-22)30-12-19-10-11-20(13-29-19)40(38,39)5-2;/h10-11,13-18H,4-9,12H2,1-3H3,(H,30,34);1H/t16-;/m0./s1. The summed E-state index contributed by atoms with van der Waals surface area (Å²) < 4.78 is 25.9. The topological polar surface area (TPSA) is 146 Å². The van der Waals surface area contributed by atoms with Crippen LogP contribution >= 0.6 is 0 Å². The third-order valence-electron chi connectivity index (χ3n) is 7.79. The number of hydrogen-bond donors (Lipinski definition) is 1. The molecule has 0 amide bonds. The van der Waals surface area contributed by atoms with Crippen molar-refractivity contribution in [3.8, 4) is 11.4 Å². The molecule has 2 aliphatic carbocycles. The lowest BCUT2D eigenvalue weighted by atomic mass is 10.1. The summed E-state index contributed by atoms with van der Waals surface area (Å²) in [5, 5.41) is 3.11. The Morgan fingerprint density at radius 3 is 2.50 bits per heavy atom. The van der Waals surface area contributed by atoms with Gasteiger partial charge in [0.2, 0.25) is 0 Å². The van der Waals surface area contributed by atoms with Crippen molar-refractivity contribution in [1.82, 2.24) is 34.5 Å². The third-order valence-corrected chi connectivity index (χ3v) is 9.51. The van der Waals surface area contributed by atoms with Gasteiger partial charge in [-0.1, -0.05) is 13.8 Å². The number of pyridine rings is 1. The fourth-order valence-corrected chi connectivity index (χ4v) is 5.88. The van der Waals surface area contributed by atoms with E-state index in [0.717, 1.165) is 49.1 Å². The van der Waals surface area contributed by atoms with Gasteiger partial charge in [-0.05, 0) is 57.1 Å². The Balaban J connectivity index is 0.00000337. The quantitative estimate of drug-likeness (QED) is 0.300. The normalized spacial score (nSPS) is 16.3. The fraction of sp³-hybridized carbons (Fsp3) is 0.464. The van der Waals surface area contributed by atoms with Gasteiger partial charge in [-0.25, -0.2) is 33.3 Å². The van der Waals surface area contributed by atoms with E-state index in [-0.39, 0.29) is 36.0 Å². The SMILES string of the molecule is CCc1ncnc(C2CC2)c1-c1ncc2nc(NCc3ccc(S(=O)(=O)CC)cn3)c(=O)n([C@@H](C)C3CC3)c2n1.[HH]. The highest BCUT2D eigenvalue weighted by Crippen LogP contribution is 2.44. The van der Waals surface area contributed by atoms with Gasteiger partial charge in [-0.2, -0.15) is 0 Å². The van der Waals surface area contributed by atoms with Crippen LogP contribution in [0.2, 0.25) is 0 Å². The van der Waals surface area contributed by atoms with Crippen LogP contribution in [-0.2, 0) is 22.8 Å². The van der Waals surface area contributed by atoms with Crippen LogP contribution < -0.4 is 10.9 Å². The monoisotopic (exact) mass is 562 g/mol. The van der Waals surface area contributed by atoms with E-state index in [2.05, 4.69) is 44.1 Å². The van der Waals surface area contributed by atoms with Crippen molar-refractivity contribution in [2.75, 3.05) is 11.1 Å². The zero-order valence-electron chi connectivity index (χ0n) is 22.8. The van der Waals surface area contributed by atoms with Gasteiger partial charge >= 0.3 is 0 Å². The second-order valence-electron chi connectivity index (χ2n) is 10.6. The van der Waals surface area contributed by atoms with Gasteiger partial charge < -0.3 is 5.32 Å². The van der Waals surface area contributed by atoms with Crippen molar-refractivity contribution in [3.05, 3.63) is 58.3 Å². The van der Waals surface area contributed by atoms with E-state index in [1.54, 1.807) is 30.1 Å². The van der Waals surface area contributed by atoms with E-state index in [4.69, 9.17) is 4.98 Å². The largest absolute Gasteiger partial charge is 0.360 e. The number of sulfone groups is 1. The molecular weight excluding hydrogens is 528 g/mol. The first-order valence-electron chi connectivity index (χ1n) is 13.9. The average molecular weight is 563 g/mol. The van der Waals surface area contributed by atoms with E-state index in [1.165, 1.54) is 12.3 Å². The first-order chi connectivity index (χ1) is 19.3. The molecule has 12 heteroatoms. The van der Waals surface area contributed by atoms with Gasteiger partial charge in [0.05, 0.1) is 46.0 Å². The van der Waals surface area contributed by atoms with Crippen LogP contribution in [0.25, 0.3) is 22.6 Å². The van der Waals surface area contributed by atoms with Crippen molar-refractivity contribution in [1.29, 1.82) is 0 Å². The van der Waals surface area contributed by atoms with Crippen LogP contribution in [0.3, 0.4) is 0 Å². The molecule has 0 aromatic carbocycles. The summed E-state index contributed by atoms with van der Waals surface area (Å²) >= 11 is 0. The number of anilines is 1. The molecule has 0 radical (unpaired) electrons. The molecule has 2 fully saturated rings. The summed E-state index contributed by atoms with van der Waals surface area (Å²) in [7, 11) is -3.33. The van der Waals surface area contributed by atoms with Crippen LogP contribution in [0.1, 0.15) is 76.9 Å². The van der Waals surface area contributed by atoms with Crippen molar-refractivity contribution in [3.63, 3.8) is 0 Å². The fourth-order valence-electron chi connectivity index (χ4n) is 5.06. The Bertz CT molecular complexity index is 1750. The van der Waals surface area contributed by atoms with Gasteiger partial charge in [-0.3, -0.25) is 14.3 Å². The van der Waals surface area contributed by atoms with E-state index in [1.807, 2.05) is 0 Å². The van der Waals surface area contributed by atoms with Gasteiger partial charge in [-0.15, -0.1) is 0 Å². The molecule has 1 N–H and O–H groups in total. The average Bonchev–Trinajstić information content (AvgIpc) is 3.89. The minimum Gasteiger partial charge on any atom is -0.360 e. The first kappa shape index (κ1) is 26.4. The highest BCUT2D eigenvalue weighted by atomic mass is 32.2. The summed E-state index contributed by atoms with van der Waals surface area (Å²) in [5.74, 6) is 1.51. The van der Waals surface area contributed by atoms with Gasteiger partial charge in [0.1, 0.15) is 11.8 Å². The van der Waals surface area contributed by atoms with Crippen molar-refractivity contribution >= 4 is 26.8 Å². The van der Waals surface area contributed by atoms with Crippen molar-refractivity contribution in [2.45, 2.75) is 76.3 Å². The second-order valence-corrected chi connectivity index (χ2v) is 12.8. The number of rotatable bonds is 10. The molecule has 11 nitrogen and oxygen atoms in total. The predicted octanol–water partition coefficient (Wildman–Crippen LogP) is 4.10. The summed E-state index contributed by atoms with van der Waals surface area (Å²) in [6.07, 6.45) is 9.67. The van der Waals surface area contributed by atoms with Crippen LogP contribution in [-0.4, -0.2) is 48.6 Å². The molecule has 2 aliphatic rings. The summed E-state index contributed by atoms with van der Waals surface area (Å²) in [4.78, 5) is 41.6. The smallest absolute Gasteiger partial charge is 0.295 e. The van der Waals surface area contributed by atoms with Crippen LogP contribution in [0, 0.1) is 5.92 Å². The summed E-state index contributed by atoms with van der Waals surface area (Å²) in [5.41, 5.74) is 4.09. The van der Waals surface area contributed by atoms with Gasteiger partial charge in [0.25, 0.3) is 5.56 Å². The lowest BCUT2D eigenvalue weighted by Gasteiger charge is -2.19. The van der Waals surface area contributed by atoms with E-state index >= 15 is 0 Å². The molecule has 0 spiro atoms. The maximum absolute atomic E-state index is 13.8. The lowest BCUT2D eigenvalue weighted by Crippen LogP contribution is -2.29. The highest BCUT2D eigenvalue weighted by molar-refractivity contribution is 7.91.